The number of rotatable bonds is 4. The average Bonchev–Trinajstić information content (AvgIpc) is 2.64. The molecule has 0 aliphatic heterocycles. The van der Waals surface area contributed by atoms with Gasteiger partial charge in [0.05, 0.1) is 0 Å². The van der Waals surface area contributed by atoms with E-state index in [1.54, 1.807) is 0 Å². The zero-order valence-electron chi connectivity index (χ0n) is 11.6. The fraction of sp³-hybridized carbons (Fsp3) is 0.625. The normalized spacial score (nSPS) is 24.6. The third-order valence-electron chi connectivity index (χ3n) is 4.11. The molecule has 1 aromatic carbocycles. The van der Waals surface area contributed by atoms with Gasteiger partial charge >= 0.3 is 0 Å². The lowest BCUT2D eigenvalue weighted by Gasteiger charge is -2.18. The van der Waals surface area contributed by atoms with Crippen molar-refractivity contribution in [3.05, 3.63) is 24.3 Å². The molecule has 2 atom stereocenters. The first kappa shape index (κ1) is 13.8. The van der Waals surface area contributed by atoms with E-state index in [0.717, 1.165) is 5.92 Å². The summed E-state index contributed by atoms with van der Waals surface area (Å²) in [7, 11) is 0. The van der Waals surface area contributed by atoms with Gasteiger partial charge in [0, 0.05) is 16.6 Å². The van der Waals surface area contributed by atoms with Crippen molar-refractivity contribution < 1.29 is 0 Å². The highest BCUT2D eigenvalue weighted by Gasteiger charge is 2.17. The number of hydrogen-bond donors (Lipinski definition) is 1. The van der Waals surface area contributed by atoms with Crippen LogP contribution >= 0.6 is 11.8 Å². The highest BCUT2D eigenvalue weighted by Crippen LogP contribution is 2.28. The maximum absolute atomic E-state index is 3.73. The van der Waals surface area contributed by atoms with E-state index in [-0.39, 0.29) is 0 Å². The molecule has 1 aliphatic carbocycles. The molecule has 2 heteroatoms. The molecule has 100 valence electrons. The van der Waals surface area contributed by atoms with Gasteiger partial charge < -0.3 is 5.32 Å². The van der Waals surface area contributed by atoms with E-state index >= 15 is 0 Å². The van der Waals surface area contributed by atoms with Gasteiger partial charge in [0.25, 0.3) is 0 Å². The second kappa shape index (κ2) is 7.08. The first-order valence-electron chi connectivity index (χ1n) is 7.22. The summed E-state index contributed by atoms with van der Waals surface area (Å²) in [5, 5.41) is 3.73. The second-order valence-corrected chi connectivity index (χ2v) is 6.24. The van der Waals surface area contributed by atoms with Crippen LogP contribution in [0.4, 0.5) is 5.69 Å². The lowest BCUT2D eigenvalue weighted by atomic mass is 9.98. The molecule has 0 bridgehead atoms. The van der Waals surface area contributed by atoms with Gasteiger partial charge in [0.15, 0.2) is 0 Å². The molecular weight excluding hydrogens is 238 g/mol. The zero-order valence-corrected chi connectivity index (χ0v) is 12.4. The molecular formula is C16H25NS. The van der Waals surface area contributed by atoms with E-state index < -0.39 is 0 Å². The van der Waals surface area contributed by atoms with Gasteiger partial charge in [-0.15, -0.1) is 11.8 Å². The van der Waals surface area contributed by atoms with Crippen LogP contribution < -0.4 is 5.32 Å². The number of thioether (sulfide) groups is 1. The monoisotopic (exact) mass is 263 g/mol. The van der Waals surface area contributed by atoms with Crippen LogP contribution in [0, 0.1) is 5.92 Å². The van der Waals surface area contributed by atoms with Crippen LogP contribution in [0.1, 0.15) is 45.4 Å². The highest BCUT2D eigenvalue weighted by atomic mass is 32.2. The molecule has 2 rings (SSSR count). The smallest absolute Gasteiger partial charge is 0.0353 e. The minimum atomic E-state index is 0.679. The SMILES string of the molecule is CCC1CCCC(Nc2cccc(SC)c2)CC1. The predicted molar refractivity (Wildman–Crippen MR) is 82.5 cm³/mol. The van der Waals surface area contributed by atoms with Crippen molar-refractivity contribution in [3.63, 3.8) is 0 Å². The summed E-state index contributed by atoms with van der Waals surface area (Å²) < 4.78 is 0. The predicted octanol–water partition coefficient (Wildman–Crippen LogP) is 5.18. The summed E-state index contributed by atoms with van der Waals surface area (Å²) in [6, 6.07) is 9.48. The number of benzene rings is 1. The standard InChI is InChI=1S/C16H25NS/c1-3-13-6-4-7-14(11-10-13)17-15-8-5-9-16(12-15)18-2/h5,8-9,12-14,17H,3-4,6-7,10-11H2,1-2H3. The molecule has 1 N–H and O–H groups in total. The Kier molecular flexibility index (Phi) is 5.43. The summed E-state index contributed by atoms with van der Waals surface area (Å²) in [5.41, 5.74) is 1.29. The highest BCUT2D eigenvalue weighted by molar-refractivity contribution is 7.98. The van der Waals surface area contributed by atoms with Gasteiger partial charge in [-0.25, -0.2) is 0 Å². The summed E-state index contributed by atoms with van der Waals surface area (Å²) in [6.07, 6.45) is 10.4. The Hall–Kier alpha value is -0.630. The minimum absolute atomic E-state index is 0.679. The van der Waals surface area contributed by atoms with Gasteiger partial charge in [0.2, 0.25) is 0 Å². The molecule has 0 amide bonds. The summed E-state index contributed by atoms with van der Waals surface area (Å²) in [5.74, 6) is 0.967. The van der Waals surface area contributed by atoms with Crippen molar-refractivity contribution in [2.24, 2.45) is 5.92 Å². The Bertz CT molecular complexity index is 364. The Morgan fingerprint density at radius 2 is 2.11 bits per heavy atom. The van der Waals surface area contributed by atoms with Crippen molar-refractivity contribution in [1.29, 1.82) is 0 Å². The van der Waals surface area contributed by atoms with Crippen LogP contribution in [0.3, 0.4) is 0 Å². The average molecular weight is 263 g/mol. The molecule has 1 nitrogen and oxygen atoms in total. The Labute approximate surface area is 116 Å². The van der Waals surface area contributed by atoms with Gasteiger partial charge in [-0.2, -0.15) is 0 Å². The van der Waals surface area contributed by atoms with Crippen LogP contribution in [-0.2, 0) is 0 Å². The largest absolute Gasteiger partial charge is 0.382 e. The summed E-state index contributed by atoms with van der Waals surface area (Å²) in [6.45, 7) is 2.33. The van der Waals surface area contributed by atoms with Crippen molar-refractivity contribution in [2.45, 2.75) is 56.4 Å². The van der Waals surface area contributed by atoms with Crippen LogP contribution in [0.15, 0.2) is 29.2 Å². The fourth-order valence-corrected chi connectivity index (χ4v) is 3.34. The zero-order chi connectivity index (χ0) is 12.8. The summed E-state index contributed by atoms with van der Waals surface area (Å²) in [4.78, 5) is 1.35. The van der Waals surface area contributed by atoms with E-state index in [1.165, 1.54) is 49.1 Å². The first-order chi connectivity index (χ1) is 8.81. The van der Waals surface area contributed by atoms with Gasteiger partial charge in [-0.05, 0) is 49.6 Å². The third kappa shape index (κ3) is 3.94. The second-order valence-electron chi connectivity index (χ2n) is 5.36. The van der Waals surface area contributed by atoms with Crippen LogP contribution in [0.5, 0.6) is 0 Å². The van der Waals surface area contributed by atoms with Crippen molar-refractivity contribution in [2.75, 3.05) is 11.6 Å². The van der Waals surface area contributed by atoms with Crippen molar-refractivity contribution in [3.8, 4) is 0 Å². The molecule has 1 aliphatic rings. The number of nitrogens with one attached hydrogen (secondary N) is 1. The van der Waals surface area contributed by atoms with Gasteiger partial charge in [-0.3, -0.25) is 0 Å². The van der Waals surface area contributed by atoms with E-state index in [2.05, 4.69) is 42.8 Å². The summed E-state index contributed by atoms with van der Waals surface area (Å²) >= 11 is 1.81. The third-order valence-corrected chi connectivity index (χ3v) is 4.83. The Morgan fingerprint density at radius 3 is 2.89 bits per heavy atom. The molecule has 0 saturated heterocycles. The quantitative estimate of drug-likeness (QED) is 0.593. The van der Waals surface area contributed by atoms with Gasteiger partial charge in [0.1, 0.15) is 0 Å². The molecule has 0 radical (unpaired) electrons. The number of anilines is 1. The van der Waals surface area contributed by atoms with E-state index in [4.69, 9.17) is 0 Å². The maximum Gasteiger partial charge on any atom is 0.0353 e. The van der Waals surface area contributed by atoms with Crippen LogP contribution in [0.2, 0.25) is 0 Å². The first-order valence-corrected chi connectivity index (χ1v) is 8.45. The van der Waals surface area contributed by atoms with Crippen LogP contribution in [-0.4, -0.2) is 12.3 Å². The Morgan fingerprint density at radius 1 is 1.22 bits per heavy atom. The number of hydrogen-bond acceptors (Lipinski definition) is 2. The minimum Gasteiger partial charge on any atom is -0.382 e. The van der Waals surface area contributed by atoms with Crippen LogP contribution in [0.25, 0.3) is 0 Å². The molecule has 0 spiro atoms. The molecule has 0 aromatic heterocycles. The molecule has 1 aromatic rings. The Balaban J connectivity index is 1.92. The molecule has 18 heavy (non-hydrogen) atoms. The maximum atomic E-state index is 3.73. The molecule has 2 unspecified atom stereocenters. The van der Waals surface area contributed by atoms with E-state index in [1.807, 2.05) is 11.8 Å². The van der Waals surface area contributed by atoms with Crippen molar-refractivity contribution >= 4 is 17.4 Å². The lowest BCUT2D eigenvalue weighted by Crippen LogP contribution is -2.18. The topological polar surface area (TPSA) is 12.0 Å². The van der Waals surface area contributed by atoms with E-state index in [9.17, 15) is 0 Å². The fourth-order valence-electron chi connectivity index (χ4n) is 2.88. The van der Waals surface area contributed by atoms with Crippen molar-refractivity contribution in [1.82, 2.24) is 0 Å². The van der Waals surface area contributed by atoms with Gasteiger partial charge in [-0.1, -0.05) is 32.3 Å². The molecule has 1 fully saturated rings. The van der Waals surface area contributed by atoms with E-state index in [0.29, 0.717) is 6.04 Å². The lowest BCUT2D eigenvalue weighted by molar-refractivity contribution is 0.444. The molecule has 0 heterocycles. The molecule has 1 saturated carbocycles.